The predicted octanol–water partition coefficient (Wildman–Crippen LogP) is 4.26. The molecule has 3 N–H and O–H groups in total. The van der Waals surface area contributed by atoms with E-state index in [4.69, 9.17) is 9.73 Å². The van der Waals surface area contributed by atoms with Gasteiger partial charge in [0.2, 0.25) is 0 Å². The molecule has 7 heteroatoms. The average molecular weight is 550 g/mol. The zero-order chi connectivity index (χ0) is 22.1. The molecule has 6 nitrogen and oxygen atoms in total. The quantitative estimate of drug-likeness (QED) is 0.189. The number of hydrogen-bond acceptors (Lipinski definition) is 4. The van der Waals surface area contributed by atoms with Crippen molar-refractivity contribution in [1.82, 2.24) is 10.6 Å². The van der Waals surface area contributed by atoms with E-state index in [1.165, 1.54) is 5.69 Å². The van der Waals surface area contributed by atoms with Crippen LogP contribution in [0.2, 0.25) is 0 Å². The van der Waals surface area contributed by atoms with E-state index in [9.17, 15) is 5.11 Å². The maximum Gasteiger partial charge on any atom is 0.191 e. The third-order valence-corrected chi connectivity index (χ3v) is 4.96. The number of rotatable bonds is 9. The van der Waals surface area contributed by atoms with E-state index in [0.29, 0.717) is 19.0 Å². The molecule has 1 aliphatic rings. The summed E-state index contributed by atoms with van der Waals surface area (Å²) < 4.78 is 5.66. The largest absolute Gasteiger partial charge is 0.491 e. The number of anilines is 1. The van der Waals surface area contributed by atoms with Crippen molar-refractivity contribution < 1.29 is 9.84 Å². The van der Waals surface area contributed by atoms with Gasteiger partial charge >= 0.3 is 0 Å². The van der Waals surface area contributed by atoms with E-state index >= 15 is 0 Å². The van der Waals surface area contributed by atoms with Crippen molar-refractivity contribution in [3.63, 3.8) is 0 Å². The normalized spacial score (nSPS) is 14.3. The molecule has 0 bridgehead atoms. The molecule has 0 radical (unpaired) electrons. The molecule has 0 spiro atoms. The number of benzene rings is 2. The van der Waals surface area contributed by atoms with Crippen molar-refractivity contribution in [1.29, 1.82) is 0 Å². The van der Waals surface area contributed by atoms with E-state index in [0.717, 1.165) is 36.5 Å². The number of halogens is 1. The molecule has 3 rings (SSSR count). The van der Waals surface area contributed by atoms with Crippen LogP contribution in [0.3, 0.4) is 0 Å². The number of ether oxygens (including phenoxy) is 1. The molecule has 0 aliphatic carbocycles. The van der Waals surface area contributed by atoms with E-state index in [1.807, 2.05) is 45.0 Å². The van der Waals surface area contributed by atoms with Gasteiger partial charge in [-0.3, -0.25) is 0 Å². The highest BCUT2D eigenvalue weighted by Crippen LogP contribution is 2.20. The van der Waals surface area contributed by atoms with E-state index in [1.54, 1.807) is 0 Å². The Balaban J connectivity index is 0.00000363. The molecule has 0 aromatic heterocycles. The summed E-state index contributed by atoms with van der Waals surface area (Å²) in [5.74, 6) is 1.50. The Labute approximate surface area is 208 Å². The molecular weight excluding hydrogens is 515 g/mol. The van der Waals surface area contributed by atoms with Gasteiger partial charge in [0, 0.05) is 31.9 Å². The molecule has 1 aliphatic heterocycles. The smallest absolute Gasteiger partial charge is 0.191 e. The highest BCUT2D eigenvalue weighted by molar-refractivity contribution is 14.0. The minimum atomic E-state index is -0.636. The highest BCUT2D eigenvalue weighted by Gasteiger charge is 2.10. The average Bonchev–Trinajstić information content (AvgIpc) is 3.31. The first-order valence-electron chi connectivity index (χ1n) is 11.0. The topological polar surface area (TPSA) is 69.1 Å². The molecule has 0 saturated heterocycles. The van der Waals surface area contributed by atoms with Crippen LogP contribution < -0.4 is 20.3 Å². The van der Waals surface area contributed by atoms with Gasteiger partial charge in [0.05, 0.1) is 18.8 Å². The van der Waals surface area contributed by atoms with Crippen LogP contribution in [0.25, 0.3) is 0 Å². The Morgan fingerprint density at radius 3 is 2.47 bits per heavy atom. The number of aliphatic imine (C=N–C) groups is 1. The lowest BCUT2D eigenvalue weighted by Crippen LogP contribution is -2.39. The highest BCUT2D eigenvalue weighted by atomic mass is 127. The summed E-state index contributed by atoms with van der Waals surface area (Å²) >= 11 is 0. The van der Waals surface area contributed by atoms with Crippen molar-refractivity contribution in [2.75, 3.05) is 31.1 Å². The Bertz CT molecular complexity index is 876. The van der Waals surface area contributed by atoms with Crippen LogP contribution in [0.5, 0.6) is 5.75 Å². The number of nitrogens with zero attached hydrogens (tertiary/aromatic N) is 2. The standard InChI is InChI=1S/C25H34N4O2.HI/c1-4-26-25(27-17-20-8-7-9-22(16-20)29-14-5-6-15-29)28-18-24(30)21-10-12-23(13-11-21)31-19(2)3;/h5-13,16,19,24,30H,4,14-15,17-18H2,1-3H3,(H2,26,27,28);1H. The minimum Gasteiger partial charge on any atom is -0.491 e. The molecule has 0 saturated carbocycles. The van der Waals surface area contributed by atoms with Crippen molar-refractivity contribution in [2.45, 2.75) is 39.5 Å². The maximum absolute atomic E-state index is 10.6. The van der Waals surface area contributed by atoms with Crippen molar-refractivity contribution in [3.05, 3.63) is 71.8 Å². The molecule has 1 unspecified atom stereocenters. The fourth-order valence-electron chi connectivity index (χ4n) is 3.40. The number of aliphatic hydroxyl groups is 1. The van der Waals surface area contributed by atoms with Crippen LogP contribution in [0.4, 0.5) is 5.69 Å². The van der Waals surface area contributed by atoms with Crippen LogP contribution in [0, 0.1) is 0 Å². The Morgan fingerprint density at radius 2 is 1.81 bits per heavy atom. The number of nitrogens with one attached hydrogen (secondary N) is 2. The number of hydrogen-bond donors (Lipinski definition) is 3. The second kappa shape index (κ2) is 13.3. The fourth-order valence-corrected chi connectivity index (χ4v) is 3.40. The SMILES string of the molecule is CCNC(=NCc1cccc(N2CC=CC2)c1)NCC(O)c1ccc(OC(C)C)cc1.I. The first-order valence-corrected chi connectivity index (χ1v) is 11.0. The van der Waals surface area contributed by atoms with Crippen LogP contribution in [0.1, 0.15) is 38.0 Å². The summed E-state index contributed by atoms with van der Waals surface area (Å²) in [4.78, 5) is 7.02. The van der Waals surface area contributed by atoms with E-state index in [-0.39, 0.29) is 30.1 Å². The van der Waals surface area contributed by atoms with Gasteiger partial charge in [0.15, 0.2) is 5.96 Å². The zero-order valence-corrected chi connectivity index (χ0v) is 21.5. The van der Waals surface area contributed by atoms with Gasteiger partial charge in [-0.15, -0.1) is 24.0 Å². The van der Waals surface area contributed by atoms with Crippen molar-refractivity contribution in [2.24, 2.45) is 4.99 Å². The Hall–Kier alpha value is -2.26. The Morgan fingerprint density at radius 1 is 1.09 bits per heavy atom. The molecular formula is C25H35IN4O2. The molecule has 1 atom stereocenters. The maximum atomic E-state index is 10.6. The van der Waals surface area contributed by atoms with E-state index < -0.39 is 6.10 Å². The van der Waals surface area contributed by atoms with Crippen LogP contribution in [0.15, 0.2) is 65.7 Å². The van der Waals surface area contributed by atoms with E-state index in [2.05, 4.69) is 52.0 Å². The molecule has 1 heterocycles. The number of guanidine groups is 1. The second-order valence-corrected chi connectivity index (χ2v) is 7.87. The summed E-state index contributed by atoms with van der Waals surface area (Å²) in [6.07, 6.45) is 3.87. The second-order valence-electron chi connectivity index (χ2n) is 7.87. The van der Waals surface area contributed by atoms with Crippen molar-refractivity contribution >= 4 is 35.6 Å². The van der Waals surface area contributed by atoms with Gasteiger partial charge < -0.3 is 25.4 Å². The number of aliphatic hydroxyl groups excluding tert-OH is 1. The van der Waals surface area contributed by atoms with Crippen LogP contribution >= 0.6 is 24.0 Å². The molecule has 0 fully saturated rings. The van der Waals surface area contributed by atoms with Crippen LogP contribution in [-0.4, -0.2) is 43.3 Å². The Kier molecular flexibility index (Phi) is 10.8. The minimum absolute atomic E-state index is 0. The lowest BCUT2D eigenvalue weighted by atomic mass is 10.1. The molecule has 2 aromatic carbocycles. The first-order chi connectivity index (χ1) is 15.0. The molecule has 32 heavy (non-hydrogen) atoms. The predicted molar refractivity (Wildman–Crippen MR) is 143 cm³/mol. The van der Waals surface area contributed by atoms with Crippen LogP contribution in [-0.2, 0) is 6.54 Å². The molecule has 174 valence electrons. The lowest BCUT2D eigenvalue weighted by Gasteiger charge is -2.18. The monoisotopic (exact) mass is 550 g/mol. The van der Waals surface area contributed by atoms with Gasteiger partial charge in [-0.1, -0.05) is 36.4 Å². The summed E-state index contributed by atoms with van der Waals surface area (Å²) in [5, 5.41) is 17.0. The third kappa shape index (κ3) is 8.02. The van der Waals surface area contributed by atoms with Gasteiger partial charge in [-0.05, 0) is 56.2 Å². The summed E-state index contributed by atoms with van der Waals surface area (Å²) in [6, 6.07) is 16.1. The summed E-state index contributed by atoms with van der Waals surface area (Å²) in [6.45, 7) is 9.63. The van der Waals surface area contributed by atoms with Gasteiger partial charge in [-0.25, -0.2) is 4.99 Å². The third-order valence-electron chi connectivity index (χ3n) is 4.96. The van der Waals surface area contributed by atoms with Gasteiger partial charge in [0.1, 0.15) is 5.75 Å². The zero-order valence-electron chi connectivity index (χ0n) is 19.1. The fraction of sp³-hybridized carbons (Fsp3) is 0.400. The summed E-state index contributed by atoms with van der Waals surface area (Å²) in [7, 11) is 0. The first kappa shape index (κ1) is 26.0. The molecule has 0 amide bonds. The van der Waals surface area contributed by atoms with Gasteiger partial charge in [-0.2, -0.15) is 0 Å². The lowest BCUT2D eigenvalue weighted by molar-refractivity contribution is 0.180. The molecule has 2 aromatic rings. The van der Waals surface area contributed by atoms with Gasteiger partial charge in [0.25, 0.3) is 0 Å². The summed E-state index contributed by atoms with van der Waals surface area (Å²) in [5.41, 5.74) is 3.21. The van der Waals surface area contributed by atoms with Crippen molar-refractivity contribution in [3.8, 4) is 5.75 Å².